The Bertz CT molecular complexity index is 500. The van der Waals surface area contributed by atoms with Gasteiger partial charge in [-0.2, -0.15) is 0 Å². The first-order valence-electron chi connectivity index (χ1n) is 7.00. The highest BCUT2D eigenvalue weighted by Gasteiger charge is 2.16. The molecule has 4 nitrogen and oxygen atoms in total. The molecule has 6 heteroatoms. The summed E-state index contributed by atoms with van der Waals surface area (Å²) in [5.74, 6) is -0.508. The normalized spacial score (nSPS) is 10.3. The van der Waals surface area contributed by atoms with E-state index in [2.05, 4.69) is 5.32 Å². The van der Waals surface area contributed by atoms with Gasteiger partial charge in [-0.3, -0.25) is 9.59 Å². The van der Waals surface area contributed by atoms with Gasteiger partial charge in [-0.05, 0) is 31.0 Å². The second kappa shape index (κ2) is 8.90. The second-order valence-electron chi connectivity index (χ2n) is 4.73. The van der Waals surface area contributed by atoms with Crippen LogP contribution in [0.25, 0.3) is 0 Å². The van der Waals surface area contributed by atoms with E-state index in [-0.39, 0.29) is 18.2 Å². The topological polar surface area (TPSA) is 49.4 Å². The van der Waals surface area contributed by atoms with Crippen LogP contribution in [-0.2, 0) is 9.59 Å². The third-order valence-electron chi connectivity index (χ3n) is 2.85. The number of carbonyl (C=O) groups is 2. The molecule has 0 fully saturated rings. The molecular formula is C15H20Cl2N2O2. The van der Waals surface area contributed by atoms with Crippen molar-refractivity contribution >= 4 is 40.7 Å². The molecule has 0 aliphatic rings. The summed E-state index contributed by atoms with van der Waals surface area (Å²) >= 11 is 11.7. The van der Waals surface area contributed by atoms with Crippen molar-refractivity contribution < 1.29 is 9.59 Å². The zero-order valence-corrected chi connectivity index (χ0v) is 13.8. The van der Waals surface area contributed by atoms with Crippen molar-refractivity contribution in [2.45, 2.75) is 33.1 Å². The number of halogens is 2. The molecule has 116 valence electrons. The van der Waals surface area contributed by atoms with Gasteiger partial charge in [-0.1, -0.05) is 37.0 Å². The maximum Gasteiger partial charge on any atom is 0.233 e. The Morgan fingerprint density at radius 1 is 1.10 bits per heavy atom. The van der Waals surface area contributed by atoms with Gasteiger partial charge >= 0.3 is 0 Å². The fraction of sp³-hybridized carbons (Fsp3) is 0.467. The minimum Gasteiger partial charge on any atom is -0.342 e. The van der Waals surface area contributed by atoms with E-state index in [1.165, 1.54) is 0 Å². The lowest BCUT2D eigenvalue weighted by Crippen LogP contribution is -2.35. The fourth-order valence-corrected chi connectivity index (χ4v) is 2.23. The molecule has 0 radical (unpaired) electrons. The van der Waals surface area contributed by atoms with Crippen molar-refractivity contribution in [1.29, 1.82) is 0 Å². The van der Waals surface area contributed by atoms with Gasteiger partial charge in [0.05, 0.1) is 10.0 Å². The number of benzene rings is 1. The Morgan fingerprint density at radius 3 is 2.24 bits per heavy atom. The highest BCUT2D eigenvalue weighted by molar-refractivity contribution is 6.42. The van der Waals surface area contributed by atoms with Crippen molar-refractivity contribution in [1.82, 2.24) is 4.90 Å². The van der Waals surface area contributed by atoms with Crippen molar-refractivity contribution in [3.05, 3.63) is 28.2 Å². The van der Waals surface area contributed by atoms with Crippen LogP contribution in [-0.4, -0.2) is 29.8 Å². The van der Waals surface area contributed by atoms with Crippen LogP contribution < -0.4 is 5.32 Å². The number of carbonyl (C=O) groups excluding carboxylic acids is 2. The van der Waals surface area contributed by atoms with Crippen LogP contribution in [0.1, 0.15) is 33.1 Å². The molecule has 0 bridgehead atoms. The number of hydrogen-bond donors (Lipinski definition) is 1. The molecule has 0 spiro atoms. The van der Waals surface area contributed by atoms with Crippen molar-refractivity contribution in [2.24, 2.45) is 0 Å². The molecule has 0 saturated heterocycles. The molecular weight excluding hydrogens is 311 g/mol. The maximum atomic E-state index is 12.1. The smallest absolute Gasteiger partial charge is 0.233 e. The lowest BCUT2D eigenvalue weighted by molar-refractivity contribution is -0.134. The van der Waals surface area contributed by atoms with Gasteiger partial charge < -0.3 is 10.2 Å². The summed E-state index contributed by atoms with van der Waals surface area (Å²) in [6.07, 6.45) is 1.58. The summed E-state index contributed by atoms with van der Waals surface area (Å²) in [4.78, 5) is 25.7. The minimum absolute atomic E-state index is 0.156. The molecule has 2 amide bonds. The quantitative estimate of drug-likeness (QED) is 0.769. The Hall–Kier alpha value is -1.26. The molecule has 0 aliphatic carbocycles. The molecule has 1 N–H and O–H groups in total. The van der Waals surface area contributed by atoms with E-state index in [0.29, 0.717) is 28.8 Å². The highest BCUT2D eigenvalue weighted by atomic mass is 35.5. The summed E-state index contributed by atoms with van der Waals surface area (Å²) in [5.41, 5.74) is 0.528. The average Bonchev–Trinajstić information content (AvgIpc) is 2.42. The molecule has 0 atom stereocenters. The first kappa shape index (κ1) is 17.8. The van der Waals surface area contributed by atoms with Gasteiger partial charge in [0.1, 0.15) is 6.42 Å². The second-order valence-corrected chi connectivity index (χ2v) is 5.55. The van der Waals surface area contributed by atoms with E-state index in [0.717, 1.165) is 12.8 Å². The van der Waals surface area contributed by atoms with Crippen LogP contribution in [0, 0.1) is 0 Å². The molecule has 1 rings (SSSR count). The number of amides is 2. The third kappa shape index (κ3) is 5.94. The maximum absolute atomic E-state index is 12.1. The Kier molecular flexibility index (Phi) is 7.54. The number of nitrogens with one attached hydrogen (secondary N) is 1. The molecule has 0 heterocycles. The summed E-state index contributed by atoms with van der Waals surface area (Å²) in [6.45, 7) is 5.36. The number of rotatable bonds is 7. The average molecular weight is 331 g/mol. The molecule has 0 saturated carbocycles. The Balaban J connectivity index is 2.59. The van der Waals surface area contributed by atoms with E-state index in [1.54, 1.807) is 23.1 Å². The molecule has 0 aliphatic heterocycles. The molecule has 1 aromatic rings. The van der Waals surface area contributed by atoms with Crippen LogP contribution >= 0.6 is 23.2 Å². The number of anilines is 1. The number of nitrogens with zero attached hydrogens (tertiary/aromatic N) is 1. The first-order valence-corrected chi connectivity index (χ1v) is 7.76. The molecule has 0 aromatic heterocycles. The van der Waals surface area contributed by atoms with E-state index in [9.17, 15) is 9.59 Å². The standard InChI is InChI=1S/C15H20Cl2N2O2/c1-3-7-19(8-4-2)15(21)10-14(20)18-11-5-6-12(16)13(17)9-11/h5-6,9H,3-4,7-8,10H2,1-2H3,(H,18,20). The van der Waals surface area contributed by atoms with Gasteiger partial charge in [-0.25, -0.2) is 0 Å². The predicted octanol–water partition coefficient (Wildman–Crippen LogP) is 3.97. The highest BCUT2D eigenvalue weighted by Crippen LogP contribution is 2.25. The Labute approximate surface area is 135 Å². The third-order valence-corrected chi connectivity index (χ3v) is 3.59. The lowest BCUT2D eigenvalue weighted by Gasteiger charge is -2.21. The largest absolute Gasteiger partial charge is 0.342 e. The summed E-state index contributed by atoms with van der Waals surface area (Å²) in [5, 5.41) is 3.43. The van der Waals surface area contributed by atoms with Gasteiger partial charge in [-0.15, -0.1) is 0 Å². The summed E-state index contributed by atoms with van der Waals surface area (Å²) < 4.78 is 0. The van der Waals surface area contributed by atoms with Gasteiger partial charge in [0.2, 0.25) is 11.8 Å². The van der Waals surface area contributed by atoms with E-state index in [4.69, 9.17) is 23.2 Å². The van der Waals surface area contributed by atoms with Gasteiger partial charge in [0, 0.05) is 18.8 Å². The minimum atomic E-state index is -0.351. The van der Waals surface area contributed by atoms with Crippen LogP contribution in [0.2, 0.25) is 10.0 Å². The lowest BCUT2D eigenvalue weighted by atomic mass is 10.2. The van der Waals surface area contributed by atoms with Gasteiger partial charge in [0.15, 0.2) is 0 Å². The van der Waals surface area contributed by atoms with Crippen molar-refractivity contribution in [3.63, 3.8) is 0 Å². The van der Waals surface area contributed by atoms with Crippen LogP contribution in [0.3, 0.4) is 0 Å². The van der Waals surface area contributed by atoms with Gasteiger partial charge in [0.25, 0.3) is 0 Å². The molecule has 1 aromatic carbocycles. The zero-order chi connectivity index (χ0) is 15.8. The van der Waals surface area contributed by atoms with E-state index in [1.807, 2.05) is 13.8 Å². The predicted molar refractivity (Wildman–Crippen MR) is 86.9 cm³/mol. The monoisotopic (exact) mass is 330 g/mol. The zero-order valence-electron chi connectivity index (χ0n) is 12.3. The van der Waals surface area contributed by atoms with Crippen molar-refractivity contribution in [2.75, 3.05) is 18.4 Å². The Morgan fingerprint density at radius 2 is 1.71 bits per heavy atom. The SMILES string of the molecule is CCCN(CCC)C(=O)CC(=O)Nc1ccc(Cl)c(Cl)c1. The summed E-state index contributed by atoms with van der Waals surface area (Å²) in [6, 6.07) is 4.80. The molecule has 0 unspecified atom stereocenters. The van der Waals surface area contributed by atoms with Crippen LogP contribution in [0.5, 0.6) is 0 Å². The first-order chi connectivity index (χ1) is 9.97. The van der Waals surface area contributed by atoms with E-state index < -0.39 is 0 Å². The fourth-order valence-electron chi connectivity index (χ4n) is 1.93. The summed E-state index contributed by atoms with van der Waals surface area (Å²) in [7, 11) is 0. The van der Waals surface area contributed by atoms with Crippen molar-refractivity contribution in [3.8, 4) is 0 Å². The number of hydrogen-bond acceptors (Lipinski definition) is 2. The molecule has 21 heavy (non-hydrogen) atoms. The van der Waals surface area contributed by atoms with Crippen LogP contribution in [0.4, 0.5) is 5.69 Å². The van der Waals surface area contributed by atoms with E-state index >= 15 is 0 Å². The van der Waals surface area contributed by atoms with Crippen LogP contribution in [0.15, 0.2) is 18.2 Å².